The Kier molecular flexibility index (Phi) is 5.09. The van der Waals surface area contributed by atoms with Crippen LogP contribution in [-0.2, 0) is 0 Å². The number of H-pyrrole nitrogens is 1. The number of nitrogens with zero attached hydrogens (tertiary/aromatic N) is 1. The number of aromatic nitrogens is 1. The summed E-state index contributed by atoms with van der Waals surface area (Å²) in [4.78, 5) is 5.67. The molecule has 0 amide bonds. The summed E-state index contributed by atoms with van der Waals surface area (Å²) in [7, 11) is 0. The largest absolute Gasteiger partial charge is 0.393 e. The number of hydrogen-bond acceptors (Lipinski definition) is 3. The Hall–Kier alpha value is -1.36. The van der Waals surface area contributed by atoms with Crippen LogP contribution < -0.4 is 0 Å². The van der Waals surface area contributed by atoms with Crippen molar-refractivity contribution >= 4 is 10.9 Å². The molecule has 1 aliphatic carbocycles. The monoisotopic (exact) mass is 356 g/mol. The molecule has 2 heterocycles. The van der Waals surface area contributed by atoms with Gasteiger partial charge in [0.15, 0.2) is 0 Å². The first kappa shape index (κ1) is 18.0. The second-order valence-corrected chi connectivity index (χ2v) is 8.47. The van der Waals surface area contributed by atoms with Gasteiger partial charge in [0.05, 0.1) is 6.10 Å². The zero-order valence-electron chi connectivity index (χ0n) is 16.0. The highest BCUT2D eigenvalue weighted by atomic mass is 16.3. The highest BCUT2D eigenvalue weighted by Gasteiger charge is 2.41. The van der Waals surface area contributed by atoms with E-state index in [9.17, 15) is 10.2 Å². The van der Waals surface area contributed by atoms with E-state index in [4.69, 9.17) is 0 Å². The molecule has 1 saturated carbocycles. The SMILES string of the molecule is Cc1cccc2[nH]cc(C(C)CC(O)N3CCC(O)C4CCCCC43)c12. The molecule has 5 unspecified atom stereocenters. The maximum absolute atomic E-state index is 11.0. The van der Waals surface area contributed by atoms with Crippen molar-refractivity contribution in [3.8, 4) is 0 Å². The zero-order chi connectivity index (χ0) is 18.3. The van der Waals surface area contributed by atoms with Gasteiger partial charge < -0.3 is 15.2 Å². The molecule has 3 N–H and O–H groups in total. The maximum atomic E-state index is 11.0. The molecule has 4 nitrogen and oxygen atoms in total. The van der Waals surface area contributed by atoms with E-state index in [0.29, 0.717) is 12.0 Å². The Morgan fingerprint density at radius 3 is 2.88 bits per heavy atom. The molecule has 1 aromatic heterocycles. The van der Waals surface area contributed by atoms with Crippen LogP contribution in [0.2, 0.25) is 0 Å². The number of aryl methyl sites for hydroxylation is 1. The van der Waals surface area contributed by atoms with E-state index in [1.54, 1.807) is 0 Å². The van der Waals surface area contributed by atoms with E-state index >= 15 is 0 Å². The van der Waals surface area contributed by atoms with E-state index in [2.05, 4.69) is 48.1 Å². The van der Waals surface area contributed by atoms with Gasteiger partial charge in [-0.1, -0.05) is 31.9 Å². The van der Waals surface area contributed by atoms with Crippen molar-refractivity contribution in [1.82, 2.24) is 9.88 Å². The van der Waals surface area contributed by atoms with Gasteiger partial charge in [-0.15, -0.1) is 0 Å². The van der Waals surface area contributed by atoms with Crippen LogP contribution in [0, 0.1) is 12.8 Å². The third-order valence-corrected chi connectivity index (χ3v) is 6.81. The molecule has 1 saturated heterocycles. The lowest BCUT2D eigenvalue weighted by atomic mass is 9.76. The quantitative estimate of drug-likeness (QED) is 0.778. The van der Waals surface area contributed by atoms with Crippen molar-refractivity contribution in [3.05, 3.63) is 35.5 Å². The third-order valence-electron chi connectivity index (χ3n) is 6.81. The highest BCUT2D eigenvalue weighted by molar-refractivity contribution is 5.86. The maximum Gasteiger partial charge on any atom is 0.108 e. The molecule has 4 rings (SSSR count). The molecule has 0 spiro atoms. The predicted octanol–water partition coefficient (Wildman–Crippen LogP) is 3.91. The van der Waals surface area contributed by atoms with Gasteiger partial charge in [-0.25, -0.2) is 0 Å². The van der Waals surface area contributed by atoms with Crippen LogP contribution in [0.25, 0.3) is 10.9 Å². The summed E-state index contributed by atoms with van der Waals surface area (Å²) in [6, 6.07) is 6.70. The number of rotatable bonds is 4. The number of benzene rings is 1. The lowest BCUT2D eigenvalue weighted by molar-refractivity contribution is -0.111. The van der Waals surface area contributed by atoms with E-state index in [0.717, 1.165) is 32.2 Å². The topological polar surface area (TPSA) is 59.5 Å². The number of aromatic amines is 1. The number of nitrogens with one attached hydrogen (secondary N) is 1. The first-order valence-electron chi connectivity index (χ1n) is 10.2. The Bertz CT molecular complexity index is 756. The summed E-state index contributed by atoms with van der Waals surface area (Å²) in [6.45, 7) is 5.18. The molecular formula is C22H32N2O2. The Morgan fingerprint density at radius 2 is 2.04 bits per heavy atom. The van der Waals surface area contributed by atoms with Crippen molar-refractivity contribution in [2.24, 2.45) is 5.92 Å². The fraction of sp³-hybridized carbons (Fsp3) is 0.636. The van der Waals surface area contributed by atoms with Gasteiger partial charge in [0.2, 0.25) is 0 Å². The third kappa shape index (κ3) is 3.19. The minimum atomic E-state index is -0.433. The van der Waals surface area contributed by atoms with Crippen LogP contribution >= 0.6 is 0 Å². The number of hydrogen-bond donors (Lipinski definition) is 3. The molecule has 2 fully saturated rings. The van der Waals surface area contributed by atoms with Gasteiger partial charge in [-0.3, -0.25) is 4.90 Å². The first-order chi connectivity index (χ1) is 12.6. The van der Waals surface area contributed by atoms with E-state index in [1.165, 1.54) is 34.9 Å². The van der Waals surface area contributed by atoms with Gasteiger partial charge >= 0.3 is 0 Å². The van der Waals surface area contributed by atoms with Gasteiger partial charge in [-0.05, 0) is 55.7 Å². The van der Waals surface area contributed by atoms with Crippen molar-refractivity contribution in [2.45, 2.75) is 76.7 Å². The zero-order valence-corrected chi connectivity index (χ0v) is 16.0. The smallest absolute Gasteiger partial charge is 0.108 e. The molecule has 142 valence electrons. The minimum absolute atomic E-state index is 0.183. The van der Waals surface area contributed by atoms with Crippen LogP contribution in [-0.4, -0.2) is 45.0 Å². The Balaban J connectivity index is 1.51. The van der Waals surface area contributed by atoms with Crippen LogP contribution in [0.3, 0.4) is 0 Å². The van der Waals surface area contributed by atoms with E-state index in [-0.39, 0.29) is 12.0 Å². The van der Waals surface area contributed by atoms with E-state index < -0.39 is 6.23 Å². The normalized spacial score (nSPS) is 29.5. The molecule has 26 heavy (non-hydrogen) atoms. The molecule has 1 aliphatic heterocycles. The lowest BCUT2D eigenvalue weighted by Gasteiger charge is -2.48. The first-order valence-corrected chi connectivity index (χ1v) is 10.2. The Morgan fingerprint density at radius 1 is 1.23 bits per heavy atom. The van der Waals surface area contributed by atoms with Crippen molar-refractivity contribution in [2.75, 3.05) is 6.54 Å². The molecule has 0 radical (unpaired) electrons. The summed E-state index contributed by atoms with van der Waals surface area (Å²) in [5.74, 6) is 0.631. The molecule has 2 aromatic rings. The van der Waals surface area contributed by atoms with Gasteiger partial charge in [0, 0.05) is 35.6 Å². The van der Waals surface area contributed by atoms with Crippen LogP contribution in [0.4, 0.5) is 0 Å². The average molecular weight is 357 g/mol. The van der Waals surface area contributed by atoms with E-state index in [1.807, 2.05) is 0 Å². The summed E-state index contributed by atoms with van der Waals surface area (Å²) < 4.78 is 0. The fourth-order valence-corrected chi connectivity index (χ4v) is 5.40. The van der Waals surface area contributed by atoms with Crippen molar-refractivity contribution < 1.29 is 10.2 Å². The van der Waals surface area contributed by atoms with Crippen LogP contribution in [0.15, 0.2) is 24.4 Å². The lowest BCUT2D eigenvalue weighted by Crippen LogP contribution is -2.56. The number of fused-ring (bicyclic) bond motifs is 2. The second kappa shape index (κ2) is 7.34. The van der Waals surface area contributed by atoms with Crippen molar-refractivity contribution in [1.29, 1.82) is 0 Å². The molecular weight excluding hydrogens is 324 g/mol. The number of aliphatic hydroxyl groups is 2. The standard InChI is InChI=1S/C22H32N2O2/c1-14-6-5-8-18-22(14)17(13-23-18)15(2)12-21(26)24-11-10-20(25)16-7-3-4-9-19(16)24/h5-6,8,13,15-16,19-21,23,25-26H,3-4,7,9-12H2,1-2H3. The van der Waals surface area contributed by atoms with Gasteiger partial charge in [-0.2, -0.15) is 0 Å². The summed E-state index contributed by atoms with van der Waals surface area (Å²) >= 11 is 0. The Labute approximate surface area is 156 Å². The van der Waals surface area contributed by atoms with Gasteiger partial charge in [0.1, 0.15) is 6.23 Å². The van der Waals surface area contributed by atoms with Gasteiger partial charge in [0.25, 0.3) is 0 Å². The minimum Gasteiger partial charge on any atom is -0.393 e. The molecule has 5 atom stereocenters. The van der Waals surface area contributed by atoms with Crippen LogP contribution in [0.5, 0.6) is 0 Å². The number of likely N-dealkylation sites (tertiary alicyclic amines) is 1. The highest BCUT2D eigenvalue weighted by Crippen LogP contribution is 2.38. The number of piperidine rings is 1. The summed E-state index contributed by atoms with van der Waals surface area (Å²) in [6.07, 6.45) is 7.67. The second-order valence-electron chi connectivity index (χ2n) is 8.47. The van der Waals surface area contributed by atoms with Crippen LogP contribution in [0.1, 0.15) is 62.5 Å². The summed E-state index contributed by atoms with van der Waals surface area (Å²) in [5.41, 5.74) is 3.76. The average Bonchev–Trinajstić information content (AvgIpc) is 3.08. The number of aliphatic hydroxyl groups excluding tert-OH is 2. The molecule has 1 aromatic carbocycles. The molecule has 4 heteroatoms. The molecule has 0 bridgehead atoms. The fourth-order valence-electron chi connectivity index (χ4n) is 5.40. The predicted molar refractivity (Wildman–Crippen MR) is 105 cm³/mol. The summed E-state index contributed by atoms with van der Waals surface area (Å²) in [5, 5.41) is 22.7. The van der Waals surface area contributed by atoms with Crippen molar-refractivity contribution in [3.63, 3.8) is 0 Å². The molecule has 2 aliphatic rings.